The molecule has 7 heteroatoms. The summed E-state index contributed by atoms with van der Waals surface area (Å²) in [6, 6.07) is 3.59. The minimum absolute atomic E-state index is 0.00499. The number of amides is 3. The summed E-state index contributed by atoms with van der Waals surface area (Å²) in [4.78, 5) is 39.3. The summed E-state index contributed by atoms with van der Waals surface area (Å²) < 4.78 is 0. The smallest absolute Gasteiger partial charge is 0.242 e. The quantitative estimate of drug-likeness (QED) is 0.736. The predicted octanol–water partition coefficient (Wildman–Crippen LogP) is 1.70. The molecular formula is C18H27N3O3S. The minimum Gasteiger partial charge on any atom is -0.354 e. The molecule has 0 saturated carbocycles. The third kappa shape index (κ3) is 5.85. The van der Waals surface area contributed by atoms with Gasteiger partial charge in [-0.05, 0) is 37.6 Å². The maximum absolute atomic E-state index is 12.5. The Morgan fingerprint density at radius 2 is 2.20 bits per heavy atom. The zero-order valence-corrected chi connectivity index (χ0v) is 15.7. The number of hydrogen-bond acceptors (Lipinski definition) is 4. The number of nitrogens with one attached hydrogen (secondary N) is 2. The molecule has 0 aliphatic carbocycles. The third-order valence-electron chi connectivity index (χ3n) is 4.45. The van der Waals surface area contributed by atoms with Gasteiger partial charge in [0.25, 0.3) is 0 Å². The van der Waals surface area contributed by atoms with E-state index >= 15 is 0 Å². The van der Waals surface area contributed by atoms with Gasteiger partial charge in [0.2, 0.25) is 17.7 Å². The first-order valence-corrected chi connectivity index (χ1v) is 9.78. The van der Waals surface area contributed by atoms with Crippen LogP contribution in [-0.2, 0) is 20.8 Å². The Labute approximate surface area is 153 Å². The van der Waals surface area contributed by atoms with Crippen molar-refractivity contribution in [2.24, 2.45) is 0 Å². The highest BCUT2D eigenvalue weighted by molar-refractivity contribution is 7.10. The third-order valence-corrected chi connectivity index (χ3v) is 5.33. The Morgan fingerprint density at radius 3 is 2.88 bits per heavy atom. The van der Waals surface area contributed by atoms with Crippen molar-refractivity contribution in [2.75, 3.05) is 13.1 Å². The number of rotatable bonds is 8. The second-order valence-corrected chi connectivity index (χ2v) is 7.45. The van der Waals surface area contributed by atoms with E-state index in [-0.39, 0.29) is 30.2 Å². The summed E-state index contributed by atoms with van der Waals surface area (Å²) in [5, 5.41) is 7.62. The van der Waals surface area contributed by atoms with E-state index in [1.54, 1.807) is 16.2 Å². The molecule has 1 aromatic rings. The number of carbonyl (C=O) groups is 3. The van der Waals surface area contributed by atoms with Gasteiger partial charge in [-0.25, -0.2) is 0 Å². The number of likely N-dealkylation sites (tertiary alicyclic amines) is 1. The molecule has 2 heterocycles. The Kier molecular flexibility index (Phi) is 7.43. The Hall–Kier alpha value is -1.89. The first-order chi connectivity index (χ1) is 12.0. The molecule has 25 heavy (non-hydrogen) atoms. The molecule has 0 radical (unpaired) electrons. The van der Waals surface area contributed by atoms with Crippen LogP contribution < -0.4 is 10.6 Å². The molecule has 6 nitrogen and oxygen atoms in total. The second-order valence-electron chi connectivity index (χ2n) is 6.42. The van der Waals surface area contributed by atoms with Crippen molar-refractivity contribution in [1.29, 1.82) is 0 Å². The standard InChI is InChI=1S/C18H27N3O3S/c1-3-13(2)20-16(22)8-9-19-18(24)15-7-4-10-21(15)17(23)12-14-6-5-11-25-14/h5-6,11,13,15H,3-4,7-10,12H2,1-2H3,(H,19,24)(H,20,22). The molecule has 2 atom stereocenters. The van der Waals surface area contributed by atoms with Crippen LogP contribution in [0.15, 0.2) is 17.5 Å². The lowest BCUT2D eigenvalue weighted by Crippen LogP contribution is -2.47. The Bertz CT molecular complexity index is 588. The van der Waals surface area contributed by atoms with E-state index in [2.05, 4.69) is 10.6 Å². The number of hydrogen-bond donors (Lipinski definition) is 2. The van der Waals surface area contributed by atoms with Crippen molar-refractivity contribution in [3.05, 3.63) is 22.4 Å². The van der Waals surface area contributed by atoms with E-state index in [1.165, 1.54) is 0 Å². The summed E-state index contributed by atoms with van der Waals surface area (Å²) in [7, 11) is 0. The van der Waals surface area contributed by atoms with E-state index in [4.69, 9.17) is 0 Å². The molecule has 1 aliphatic heterocycles. The molecule has 2 unspecified atom stereocenters. The van der Waals surface area contributed by atoms with Crippen molar-refractivity contribution in [3.63, 3.8) is 0 Å². The normalized spacial score (nSPS) is 18.0. The number of carbonyl (C=O) groups excluding carboxylic acids is 3. The average molecular weight is 365 g/mol. The van der Waals surface area contributed by atoms with E-state index in [9.17, 15) is 14.4 Å². The molecule has 3 amide bonds. The van der Waals surface area contributed by atoms with Gasteiger partial charge in [0, 0.05) is 30.4 Å². The lowest BCUT2D eigenvalue weighted by Gasteiger charge is -2.24. The average Bonchev–Trinajstić information content (AvgIpc) is 3.25. The SMILES string of the molecule is CCC(C)NC(=O)CCNC(=O)C1CCCN1C(=O)Cc1cccs1. The topological polar surface area (TPSA) is 78.5 Å². The van der Waals surface area contributed by atoms with Gasteiger partial charge in [0.15, 0.2) is 0 Å². The van der Waals surface area contributed by atoms with Gasteiger partial charge in [-0.15, -0.1) is 11.3 Å². The van der Waals surface area contributed by atoms with Crippen molar-refractivity contribution in [3.8, 4) is 0 Å². The van der Waals surface area contributed by atoms with Crippen LogP contribution in [0.5, 0.6) is 0 Å². The van der Waals surface area contributed by atoms with E-state index in [0.717, 1.165) is 17.7 Å². The zero-order valence-electron chi connectivity index (χ0n) is 14.9. The van der Waals surface area contributed by atoms with Crippen LogP contribution in [0.3, 0.4) is 0 Å². The molecule has 138 valence electrons. The minimum atomic E-state index is -0.412. The van der Waals surface area contributed by atoms with Crippen molar-refractivity contribution < 1.29 is 14.4 Å². The molecule has 0 aromatic carbocycles. The summed E-state index contributed by atoms with van der Waals surface area (Å²) in [5.74, 6) is -0.227. The van der Waals surface area contributed by atoms with Crippen LogP contribution in [0, 0.1) is 0 Å². The highest BCUT2D eigenvalue weighted by Gasteiger charge is 2.33. The van der Waals surface area contributed by atoms with Crippen LogP contribution in [0.4, 0.5) is 0 Å². The van der Waals surface area contributed by atoms with Gasteiger partial charge in [-0.3, -0.25) is 14.4 Å². The van der Waals surface area contributed by atoms with Crippen LogP contribution in [0.1, 0.15) is 44.4 Å². The number of thiophene rings is 1. The Balaban J connectivity index is 1.77. The van der Waals surface area contributed by atoms with E-state index in [1.807, 2.05) is 31.4 Å². The molecule has 1 fully saturated rings. The summed E-state index contributed by atoms with van der Waals surface area (Å²) in [6.45, 7) is 4.88. The fourth-order valence-electron chi connectivity index (χ4n) is 2.87. The van der Waals surface area contributed by atoms with E-state index < -0.39 is 6.04 Å². The summed E-state index contributed by atoms with van der Waals surface area (Å²) >= 11 is 1.55. The first-order valence-electron chi connectivity index (χ1n) is 8.90. The summed E-state index contributed by atoms with van der Waals surface area (Å²) in [6.07, 6.45) is 3.00. The van der Waals surface area contributed by atoms with Gasteiger partial charge in [0.05, 0.1) is 6.42 Å². The molecule has 1 saturated heterocycles. The summed E-state index contributed by atoms with van der Waals surface area (Å²) in [5.41, 5.74) is 0. The van der Waals surface area contributed by atoms with Gasteiger partial charge < -0.3 is 15.5 Å². The van der Waals surface area contributed by atoms with Crippen molar-refractivity contribution in [2.45, 2.75) is 58.0 Å². The van der Waals surface area contributed by atoms with Gasteiger partial charge in [-0.2, -0.15) is 0 Å². The Morgan fingerprint density at radius 1 is 1.40 bits per heavy atom. The largest absolute Gasteiger partial charge is 0.354 e. The van der Waals surface area contributed by atoms with Crippen LogP contribution in [-0.4, -0.2) is 47.8 Å². The fourth-order valence-corrected chi connectivity index (χ4v) is 3.56. The van der Waals surface area contributed by atoms with Gasteiger partial charge >= 0.3 is 0 Å². The highest BCUT2D eigenvalue weighted by Crippen LogP contribution is 2.20. The van der Waals surface area contributed by atoms with Crippen molar-refractivity contribution in [1.82, 2.24) is 15.5 Å². The van der Waals surface area contributed by atoms with E-state index in [0.29, 0.717) is 25.9 Å². The molecule has 0 spiro atoms. The highest BCUT2D eigenvalue weighted by atomic mass is 32.1. The molecule has 2 rings (SSSR count). The van der Waals surface area contributed by atoms with Crippen LogP contribution >= 0.6 is 11.3 Å². The maximum atomic E-state index is 12.5. The molecule has 0 bridgehead atoms. The number of nitrogens with zero attached hydrogens (tertiary/aromatic N) is 1. The monoisotopic (exact) mass is 365 g/mol. The molecule has 1 aliphatic rings. The maximum Gasteiger partial charge on any atom is 0.242 e. The molecular weight excluding hydrogens is 338 g/mol. The fraction of sp³-hybridized carbons (Fsp3) is 0.611. The van der Waals surface area contributed by atoms with Crippen molar-refractivity contribution >= 4 is 29.1 Å². The van der Waals surface area contributed by atoms with Gasteiger partial charge in [0.1, 0.15) is 6.04 Å². The molecule has 2 N–H and O–H groups in total. The lowest BCUT2D eigenvalue weighted by atomic mass is 10.2. The molecule has 1 aromatic heterocycles. The predicted molar refractivity (Wildman–Crippen MR) is 98.3 cm³/mol. The van der Waals surface area contributed by atoms with Crippen LogP contribution in [0.2, 0.25) is 0 Å². The first kappa shape index (κ1) is 19.4. The lowest BCUT2D eigenvalue weighted by molar-refractivity contribution is -0.138. The van der Waals surface area contributed by atoms with Crippen LogP contribution in [0.25, 0.3) is 0 Å². The second kappa shape index (κ2) is 9.56. The van der Waals surface area contributed by atoms with Gasteiger partial charge in [-0.1, -0.05) is 13.0 Å². The zero-order chi connectivity index (χ0) is 18.2.